The molecule has 7 heteroatoms. The second-order valence-electron chi connectivity index (χ2n) is 6.38. The molecule has 1 aromatic rings. The Morgan fingerprint density at radius 3 is 2.62 bits per heavy atom. The third kappa shape index (κ3) is 2.66. The molecule has 0 aliphatic carbocycles. The van der Waals surface area contributed by atoms with E-state index in [0.29, 0.717) is 6.42 Å². The number of amides is 3. The normalized spacial score (nSPS) is 25.2. The van der Waals surface area contributed by atoms with Gasteiger partial charge in [-0.05, 0) is 44.3 Å². The van der Waals surface area contributed by atoms with E-state index in [2.05, 4.69) is 10.6 Å². The maximum Gasteiger partial charge on any atom is 0.325 e. The van der Waals surface area contributed by atoms with E-state index >= 15 is 0 Å². The lowest BCUT2D eigenvalue weighted by Gasteiger charge is -2.37. The molecule has 0 spiro atoms. The highest BCUT2D eigenvalue weighted by Crippen LogP contribution is 2.35. The molecule has 0 saturated carbocycles. The highest BCUT2D eigenvalue weighted by molar-refractivity contribution is 6.07. The molecule has 5 nitrogen and oxygen atoms in total. The van der Waals surface area contributed by atoms with Crippen LogP contribution in [0.25, 0.3) is 0 Å². The highest BCUT2D eigenvalue weighted by Gasteiger charge is 2.54. The van der Waals surface area contributed by atoms with E-state index in [4.69, 9.17) is 0 Å². The van der Waals surface area contributed by atoms with E-state index in [1.54, 1.807) is 0 Å². The van der Waals surface area contributed by atoms with Gasteiger partial charge < -0.3 is 10.6 Å². The zero-order valence-corrected chi connectivity index (χ0v) is 13.6. The molecule has 2 heterocycles. The first-order chi connectivity index (χ1) is 11.5. The SMILES string of the molecule is CCC1(C2CCNCC2)NC(=O)N(Cc2cccc(F)c2F)C1=O. The fraction of sp³-hybridized carbons (Fsp3) is 0.529. The fourth-order valence-electron chi connectivity index (χ4n) is 3.75. The summed E-state index contributed by atoms with van der Waals surface area (Å²) >= 11 is 0. The van der Waals surface area contributed by atoms with Gasteiger partial charge in [0, 0.05) is 5.56 Å². The van der Waals surface area contributed by atoms with Crippen LogP contribution in [0.5, 0.6) is 0 Å². The molecule has 1 atom stereocenters. The number of benzene rings is 1. The van der Waals surface area contributed by atoms with Crippen molar-refractivity contribution in [3.05, 3.63) is 35.4 Å². The molecule has 1 aromatic carbocycles. The lowest BCUT2D eigenvalue weighted by atomic mass is 9.76. The minimum absolute atomic E-state index is 0.00397. The van der Waals surface area contributed by atoms with Gasteiger partial charge in [-0.3, -0.25) is 9.69 Å². The number of urea groups is 1. The molecule has 2 fully saturated rings. The fourth-order valence-corrected chi connectivity index (χ4v) is 3.75. The summed E-state index contributed by atoms with van der Waals surface area (Å²) < 4.78 is 27.3. The Kier molecular flexibility index (Phi) is 4.54. The number of carbonyl (C=O) groups excluding carboxylic acids is 2. The van der Waals surface area contributed by atoms with Crippen LogP contribution < -0.4 is 10.6 Å². The van der Waals surface area contributed by atoms with Gasteiger partial charge >= 0.3 is 6.03 Å². The van der Waals surface area contributed by atoms with Gasteiger partial charge in [0.1, 0.15) is 5.54 Å². The predicted octanol–water partition coefficient (Wildman–Crippen LogP) is 2.17. The van der Waals surface area contributed by atoms with E-state index in [9.17, 15) is 18.4 Å². The summed E-state index contributed by atoms with van der Waals surface area (Å²) in [5.74, 6) is -2.30. The Labute approximate surface area is 139 Å². The van der Waals surface area contributed by atoms with Gasteiger partial charge in [0.15, 0.2) is 11.6 Å². The van der Waals surface area contributed by atoms with Gasteiger partial charge in [-0.25, -0.2) is 13.6 Å². The molecule has 2 aliphatic rings. The van der Waals surface area contributed by atoms with Gasteiger partial charge in [-0.2, -0.15) is 0 Å². The Morgan fingerprint density at radius 1 is 1.25 bits per heavy atom. The number of hydrogen-bond acceptors (Lipinski definition) is 3. The van der Waals surface area contributed by atoms with Crippen LogP contribution in [-0.2, 0) is 11.3 Å². The van der Waals surface area contributed by atoms with E-state index in [0.717, 1.165) is 36.9 Å². The lowest BCUT2D eigenvalue weighted by molar-refractivity contribution is -0.134. The summed E-state index contributed by atoms with van der Waals surface area (Å²) in [5.41, 5.74) is -0.945. The van der Waals surface area contributed by atoms with Crippen molar-refractivity contribution in [1.29, 1.82) is 0 Å². The summed E-state index contributed by atoms with van der Waals surface area (Å²) in [4.78, 5) is 26.3. The van der Waals surface area contributed by atoms with Gasteiger partial charge in [-0.1, -0.05) is 19.1 Å². The molecule has 1 unspecified atom stereocenters. The summed E-state index contributed by atoms with van der Waals surface area (Å²) in [5, 5.41) is 6.08. The van der Waals surface area contributed by atoms with Crippen molar-refractivity contribution in [3.8, 4) is 0 Å². The zero-order chi connectivity index (χ0) is 17.3. The number of rotatable bonds is 4. The Bertz CT molecular complexity index is 661. The van der Waals surface area contributed by atoms with E-state index in [1.807, 2.05) is 6.92 Å². The van der Waals surface area contributed by atoms with Crippen LogP contribution in [0.2, 0.25) is 0 Å². The van der Waals surface area contributed by atoms with Crippen molar-refractivity contribution in [2.75, 3.05) is 13.1 Å². The monoisotopic (exact) mass is 337 g/mol. The molecule has 3 amide bonds. The molecular formula is C17H21F2N3O2. The minimum Gasteiger partial charge on any atom is -0.323 e. The van der Waals surface area contributed by atoms with Crippen molar-refractivity contribution in [1.82, 2.24) is 15.5 Å². The number of nitrogens with zero attached hydrogens (tertiary/aromatic N) is 1. The van der Waals surface area contributed by atoms with Gasteiger partial charge in [-0.15, -0.1) is 0 Å². The van der Waals surface area contributed by atoms with Crippen LogP contribution >= 0.6 is 0 Å². The molecule has 2 saturated heterocycles. The summed E-state index contributed by atoms with van der Waals surface area (Å²) in [6, 6.07) is 3.22. The van der Waals surface area contributed by atoms with Crippen LogP contribution in [-0.4, -0.2) is 35.5 Å². The van der Waals surface area contributed by atoms with Crippen molar-refractivity contribution in [3.63, 3.8) is 0 Å². The predicted molar refractivity (Wildman–Crippen MR) is 84.1 cm³/mol. The number of halogens is 2. The third-order valence-corrected chi connectivity index (χ3v) is 5.16. The second kappa shape index (κ2) is 6.47. The summed E-state index contributed by atoms with van der Waals surface area (Å²) in [6.45, 7) is 3.20. The quantitative estimate of drug-likeness (QED) is 0.828. The summed E-state index contributed by atoms with van der Waals surface area (Å²) in [6.07, 6.45) is 2.06. The van der Waals surface area contributed by atoms with Gasteiger partial charge in [0.2, 0.25) is 0 Å². The van der Waals surface area contributed by atoms with Crippen molar-refractivity contribution >= 4 is 11.9 Å². The largest absolute Gasteiger partial charge is 0.325 e. The molecule has 3 rings (SSSR count). The molecule has 0 bridgehead atoms. The first kappa shape index (κ1) is 16.8. The smallest absolute Gasteiger partial charge is 0.323 e. The van der Waals surface area contributed by atoms with E-state index in [-0.39, 0.29) is 23.9 Å². The number of nitrogens with one attached hydrogen (secondary N) is 2. The van der Waals surface area contributed by atoms with Gasteiger partial charge in [0.25, 0.3) is 5.91 Å². The highest BCUT2D eigenvalue weighted by atomic mass is 19.2. The molecule has 0 radical (unpaired) electrons. The second-order valence-corrected chi connectivity index (χ2v) is 6.38. The number of hydrogen-bond donors (Lipinski definition) is 2. The Hall–Kier alpha value is -2.02. The third-order valence-electron chi connectivity index (χ3n) is 5.16. The van der Waals surface area contributed by atoms with Gasteiger partial charge in [0.05, 0.1) is 6.54 Å². The van der Waals surface area contributed by atoms with Crippen molar-refractivity contribution in [2.45, 2.75) is 38.3 Å². The van der Waals surface area contributed by atoms with Crippen LogP contribution in [0.4, 0.5) is 13.6 Å². The van der Waals surface area contributed by atoms with E-state index in [1.165, 1.54) is 12.1 Å². The number of piperidine rings is 1. The van der Waals surface area contributed by atoms with Crippen molar-refractivity contribution < 1.29 is 18.4 Å². The molecule has 2 N–H and O–H groups in total. The molecule has 24 heavy (non-hydrogen) atoms. The van der Waals surface area contributed by atoms with Crippen LogP contribution in [0.15, 0.2) is 18.2 Å². The lowest BCUT2D eigenvalue weighted by Crippen LogP contribution is -2.55. The first-order valence-corrected chi connectivity index (χ1v) is 8.27. The minimum atomic E-state index is -1.02. The first-order valence-electron chi connectivity index (χ1n) is 8.27. The maximum atomic E-state index is 13.9. The number of carbonyl (C=O) groups is 2. The average molecular weight is 337 g/mol. The Balaban J connectivity index is 1.86. The molecule has 130 valence electrons. The Morgan fingerprint density at radius 2 is 1.96 bits per heavy atom. The molecular weight excluding hydrogens is 316 g/mol. The zero-order valence-electron chi connectivity index (χ0n) is 13.6. The molecule has 2 aliphatic heterocycles. The number of imide groups is 1. The van der Waals surface area contributed by atoms with Crippen LogP contribution in [0.1, 0.15) is 31.7 Å². The maximum absolute atomic E-state index is 13.9. The topological polar surface area (TPSA) is 61.4 Å². The standard InChI is InChI=1S/C17H21F2N3O2/c1-2-17(12-6-8-20-9-7-12)15(23)22(16(24)21-17)10-11-4-3-5-13(18)14(11)19/h3-5,12,20H,2,6-10H2,1H3,(H,21,24). The average Bonchev–Trinajstić information content (AvgIpc) is 2.84. The summed E-state index contributed by atoms with van der Waals surface area (Å²) in [7, 11) is 0. The molecule has 0 aromatic heterocycles. The van der Waals surface area contributed by atoms with Crippen LogP contribution in [0.3, 0.4) is 0 Å². The van der Waals surface area contributed by atoms with E-state index < -0.39 is 23.2 Å². The van der Waals surface area contributed by atoms with Crippen molar-refractivity contribution in [2.24, 2.45) is 5.92 Å². The van der Waals surface area contributed by atoms with Crippen LogP contribution in [0, 0.1) is 17.6 Å².